The number of nitrogens with zero attached hydrogens (tertiary/aromatic N) is 5. The number of methoxy groups -OCH3 is 1. The van der Waals surface area contributed by atoms with E-state index in [4.69, 9.17) is 29.0 Å². The maximum absolute atomic E-state index is 14.1. The second-order valence-corrected chi connectivity index (χ2v) is 12.5. The lowest BCUT2D eigenvalue weighted by Gasteiger charge is -2.28. The highest BCUT2D eigenvalue weighted by Gasteiger charge is 2.56. The molecule has 1 aliphatic rings. The van der Waals surface area contributed by atoms with E-state index in [2.05, 4.69) is 26.1 Å². The van der Waals surface area contributed by atoms with Gasteiger partial charge in [0.15, 0.2) is 17.4 Å². The number of nitrogen functional groups attached to an aromatic ring is 1. The van der Waals surface area contributed by atoms with Gasteiger partial charge in [-0.1, -0.05) is 32.0 Å². The quantitative estimate of drug-likeness (QED) is 0.197. The number of aliphatic hydroxyl groups excluding tert-OH is 1. The number of esters is 1. The second kappa shape index (κ2) is 12.8. The first-order chi connectivity index (χ1) is 20.3. The molecule has 2 aromatic heterocycles. The predicted molar refractivity (Wildman–Crippen MR) is 154 cm³/mol. The zero-order chi connectivity index (χ0) is 31.5. The monoisotopic (exact) mass is 617 g/mol. The number of anilines is 1. The Kier molecular flexibility index (Phi) is 9.58. The molecule has 232 valence electrons. The molecule has 6 atom stereocenters. The lowest BCUT2D eigenvalue weighted by molar-refractivity contribution is -0.150. The van der Waals surface area contributed by atoms with Crippen LogP contribution >= 0.6 is 7.75 Å². The summed E-state index contributed by atoms with van der Waals surface area (Å²) in [6, 6.07) is 9.33. The van der Waals surface area contributed by atoms with Gasteiger partial charge in [-0.25, -0.2) is 9.55 Å². The second-order valence-electron chi connectivity index (χ2n) is 10.8. The molecule has 0 amide bonds. The summed E-state index contributed by atoms with van der Waals surface area (Å²) in [6.07, 6.45) is -2.73. The van der Waals surface area contributed by atoms with Crippen LogP contribution in [0.2, 0.25) is 0 Å². The van der Waals surface area contributed by atoms with Crippen molar-refractivity contribution in [1.29, 1.82) is 5.26 Å². The van der Waals surface area contributed by atoms with Crippen molar-refractivity contribution in [2.45, 2.75) is 65.2 Å². The van der Waals surface area contributed by atoms with Gasteiger partial charge in [0.1, 0.15) is 29.4 Å². The number of para-hydroxylation sites is 1. The van der Waals surface area contributed by atoms with E-state index in [1.54, 1.807) is 58.0 Å². The van der Waals surface area contributed by atoms with Crippen molar-refractivity contribution in [2.75, 3.05) is 19.5 Å². The summed E-state index contributed by atoms with van der Waals surface area (Å²) < 4.78 is 43.9. The first-order valence-electron chi connectivity index (χ1n) is 13.6. The standard InChI is InChI=1S/C27H36N7O8P/c1-15(2)19(24(36)40-16(3)4)33-43(37,42-17-10-8-7-9-11-17)39-12-18-21(35)27(5,13-28)25(41-18)34-14-30-20-22(34)31-26(29)32-23(20)38-6/h7-11,14-16,18-19,21,25,35H,12H2,1-6H3,(H,33,37)(H2,29,31,32)/t18-,19+,21-,25-,27-,43?/m1/s1. The van der Waals surface area contributed by atoms with Gasteiger partial charge in [-0.3, -0.25) is 13.9 Å². The Hall–Kier alpha value is -3.80. The van der Waals surface area contributed by atoms with E-state index in [-0.39, 0.29) is 34.7 Å². The van der Waals surface area contributed by atoms with Crippen molar-refractivity contribution in [2.24, 2.45) is 11.3 Å². The number of aliphatic hydroxyl groups is 1. The Morgan fingerprint density at radius 1 is 1.28 bits per heavy atom. The van der Waals surface area contributed by atoms with Crippen molar-refractivity contribution < 1.29 is 37.7 Å². The van der Waals surface area contributed by atoms with Crippen molar-refractivity contribution in [3.05, 3.63) is 36.7 Å². The molecule has 4 N–H and O–H groups in total. The van der Waals surface area contributed by atoms with Crippen LogP contribution < -0.4 is 20.1 Å². The van der Waals surface area contributed by atoms with E-state index in [1.165, 1.54) is 24.9 Å². The summed E-state index contributed by atoms with van der Waals surface area (Å²) in [4.78, 5) is 25.4. The molecule has 1 unspecified atom stereocenters. The van der Waals surface area contributed by atoms with E-state index in [1.807, 2.05) is 0 Å². The molecule has 1 saturated heterocycles. The summed E-state index contributed by atoms with van der Waals surface area (Å²) in [5.74, 6) is -0.753. The average molecular weight is 618 g/mol. The number of nitriles is 1. The first kappa shape index (κ1) is 32.1. The number of carbonyl (C=O) groups excluding carboxylic acids is 1. The minimum atomic E-state index is -4.31. The molecular weight excluding hydrogens is 581 g/mol. The topological polar surface area (TPSA) is 206 Å². The summed E-state index contributed by atoms with van der Waals surface area (Å²) in [6.45, 7) is 7.92. The van der Waals surface area contributed by atoms with Gasteiger partial charge in [0.05, 0.1) is 32.2 Å². The number of aromatic nitrogens is 4. The van der Waals surface area contributed by atoms with Crippen molar-refractivity contribution >= 4 is 30.8 Å². The average Bonchev–Trinajstić information content (AvgIpc) is 3.48. The van der Waals surface area contributed by atoms with Crippen molar-refractivity contribution in [1.82, 2.24) is 24.6 Å². The highest BCUT2D eigenvalue weighted by molar-refractivity contribution is 7.52. The lowest BCUT2D eigenvalue weighted by Crippen LogP contribution is -2.43. The van der Waals surface area contributed by atoms with E-state index in [0.717, 1.165) is 0 Å². The Labute approximate surface area is 248 Å². The number of carbonyl (C=O) groups is 1. The maximum Gasteiger partial charge on any atom is 0.459 e. The fraction of sp³-hybridized carbons (Fsp3) is 0.519. The minimum Gasteiger partial charge on any atom is -0.479 e. The zero-order valence-corrected chi connectivity index (χ0v) is 25.6. The third-order valence-electron chi connectivity index (χ3n) is 6.82. The van der Waals surface area contributed by atoms with Crippen molar-refractivity contribution in [3.8, 4) is 17.7 Å². The first-order valence-corrected chi connectivity index (χ1v) is 15.1. The Morgan fingerprint density at radius 3 is 2.58 bits per heavy atom. The number of hydrogen-bond donors (Lipinski definition) is 3. The number of imidazole rings is 1. The molecule has 0 spiro atoms. The fourth-order valence-electron chi connectivity index (χ4n) is 4.57. The number of fused-ring (bicyclic) bond motifs is 1. The van der Waals surface area contributed by atoms with Crippen LogP contribution in [0.4, 0.5) is 5.95 Å². The molecule has 4 rings (SSSR count). The lowest BCUT2D eigenvalue weighted by atomic mass is 9.84. The zero-order valence-electron chi connectivity index (χ0n) is 24.7. The third-order valence-corrected chi connectivity index (χ3v) is 8.36. The molecule has 15 nitrogen and oxygen atoms in total. The van der Waals surface area contributed by atoms with Crippen LogP contribution in [0, 0.1) is 22.7 Å². The molecule has 0 radical (unpaired) electrons. The van der Waals surface area contributed by atoms with Gasteiger partial charge in [0.2, 0.25) is 11.8 Å². The number of benzene rings is 1. The number of nitrogens with two attached hydrogens (primary N) is 1. The molecule has 3 aromatic rings. The Balaban J connectivity index is 1.63. The van der Waals surface area contributed by atoms with Gasteiger partial charge < -0.3 is 29.6 Å². The van der Waals surface area contributed by atoms with E-state index >= 15 is 0 Å². The molecule has 3 heterocycles. The van der Waals surface area contributed by atoms with Crippen molar-refractivity contribution in [3.63, 3.8) is 0 Å². The molecular formula is C27H36N7O8P. The van der Waals surface area contributed by atoms with Crippen LogP contribution in [-0.4, -0.2) is 68.7 Å². The van der Waals surface area contributed by atoms with Gasteiger partial charge in [-0.15, -0.1) is 0 Å². The van der Waals surface area contributed by atoms with Crippen LogP contribution in [0.1, 0.15) is 40.8 Å². The number of hydrogen-bond acceptors (Lipinski definition) is 13. The highest BCUT2D eigenvalue weighted by atomic mass is 31.2. The van der Waals surface area contributed by atoms with Crippen LogP contribution in [0.3, 0.4) is 0 Å². The molecule has 1 fully saturated rings. The summed E-state index contributed by atoms with van der Waals surface area (Å²) in [7, 11) is -2.91. The van der Waals surface area contributed by atoms with Gasteiger partial charge in [-0.05, 0) is 38.8 Å². The molecule has 0 bridgehead atoms. The smallest absolute Gasteiger partial charge is 0.459 e. The van der Waals surface area contributed by atoms with E-state index < -0.39 is 56.3 Å². The molecule has 43 heavy (non-hydrogen) atoms. The Bertz CT molecular complexity index is 1530. The highest BCUT2D eigenvalue weighted by Crippen LogP contribution is 2.50. The van der Waals surface area contributed by atoms with Crippen LogP contribution in [0.25, 0.3) is 11.2 Å². The van der Waals surface area contributed by atoms with Gasteiger partial charge >= 0.3 is 13.7 Å². The molecule has 1 aliphatic heterocycles. The fourth-order valence-corrected chi connectivity index (χ4v) is 6.24. The van der Waals surface area contributed by atoms with Crippen LogP contribution in [0.5, 0.6) is 11.6 Å². The molecule has 0 aliphatic carbocycles. The van der Waals surface area contributed by atoms with Gasteiger partial charge in [-0.2, -0.15) is 20.3 Å². The normalized spacial score (nSPS) is 24.0. The largest absolute Gasteiger partial charge is 0.479 e. The minimum absolute atomic E-state index is 0.0936. The number of rotatable bonds is 12. The SMILES string of the molecule is COc1nc(N)nc2c1ncn2[C@@H]1O[C@H](COP(=O)(N[C@H](C(=O)OC(C)C)C(C)C)Oc2ccccc2)[C@@H](O)[C@@]1(C)C#N. The predicted octanol–water partition coefficient (Wildman–Crippen LogP) is 2.97. The Morgan fingerprint density at radius 2 is 1.98 bits per heavy atom. The van der Waals surface area contributed by atoms with E-state index in [0.29, 0.717) is 0 Å². The molecule has 16 heteroatoms. The van der Waals surface area contributed by atoms with E-state index in [9.17, 15) is 19.7 Å². The summed E-state index contributed by atoms with van der Waals surface area (Å²) in [5, 5.41) is 24.1. The van der Waals surface area contributed by atoms with Crippen LogP contribution in [-0.2, 0) is 23.4 Å². The molecule has 1 aromatic carbocycles. The third kappa shape index (κ3) is 6.74. The van der Waals surface area contributed by atoms with Gasteiger partial charge in [0, 0.05) is 0 Å². The summed E-state index contributed by atoms with van der Waals surface area (Å²) >= 11 is 0. The van der Waals surface area contributed by atoms with Crippen LogP contribution in [0.15, 0.2) is 36.7 Å². The van der Waals surface area contributed by atoms with Gasteiger partial charge in [0.25, 0.3) is 0 Å². The number of ether oxygens (including phenoxy) is 3. The number of nitrogens with one attached hydrogen (secondary N) is 1. The maximum atomic E-state index is 14.1. The molecule has 0 saturated carbocycles. The summed E-state index contributed by atoms with van der Waals surface area (Å²) in [5.41, 5.74) is 4.80.